The standard InChI is InChI=1S/C21H32F3N5O2/c1-2-25-20(28-12-11-26-19(31)17-3-5-18(30)6-4-17)27-10-7-16-8-13-29(14-9-16)15-21(22,23)24/h3-6,16,30H,2,7-15H2,1H3,(H,26,31)(H2,25,27,28). The lowest BCUT2D eigenvalue weighted by molar-refractivity contribution is -0.148. The Labute approximate surface area is 181 Å². The minimum absolute atomic E-state index is 0.108. The number of halogens is 3. The van der Waals surface area contributed by atoms with E-state index in [-0.39, 0.29) is 11.7 Å². The zero-order valence-electron chi connectivity index (χ0n) is 17.8. The van der Waals surface area contributed by atoms with Gasteiger partial charge in [0.2, 0.25) is 0 Å². The number of piperidine rings is 1. The summed E-state index contributed by atoms with van der Waals surface area (Å²) in [5, 5.41) is 18.4. The number of rotatable bonds is 9. The van der Waals surface area contributed by atoms with Gasteiger partial charge in [0, 0.05) is 31.7 Å². The first-order valence-electron chi connectivity index (χ1n) is 10.7. The molecular formula is C21H32F3N5O2. The number of likely N-dealkylation sites (tertiary alicyclic amines) is 1. The number of alkyl halides is 3. The summed E-state index contributed by atoms with van der Waals surface area (Å²) in [6, 6.07) is 6.03. The monoisotopic (exact) mass is 443 g/mol. The zero-order valence-corrected chi connectivity index (χ0v) is 17.8. The first kappa shape index (κ1) is 24.8. The number of hydrogen-bond donors (Lipinski definition) is 4. The van der Waals surface area contributed by atoms with Crippen LogP contribution in [-0.2, 0) is 0 Å². The fourth-order valence-corrected chi connectivity index (χ4v) is 3.46. The number of guanidine groups is 1. The molecule has 0 atom stereocenters. The molecular weight excluding hydrogens is 411 g/mol. The van der Waals surface area contributed by atoms with E-state index < -0.39 is 12.7 Å². The van der Waals surface area contributed by atoms with Crippen molar-refractivity contribution in [3.05, 3.63) is 29.8 Å². The van der Waals surface area contributed by atoms with E-state index in [9.17, 15) is 23.1 Å². The zero-order chi connectivity index (χ0) is 22.7. The summed E-state index contributed by atoms with van der Waals surface area (Å²) in [5.41, 5.74) is 0.472. The van der Waals surface area contributed by atoms with E-state index in [2.05, 4.69) is 20.9 Å². The molecule has 1 aliphatic heterocycles. The van der Waals surface area contributed by atoms with Crippen LogP contribution in [0.2, 0.25) is 0 Å². The second-order valence-corrected chi connectivity index (χ2v) is 7.61. The van der Waals surface area contributed by atoms with Gasteiger partial charge in [-0.05, 0) is 69.5 Å². The summed E-state index contributed by atoms with van der Waals surface area (Å²) >= 11 is 0. The molecule has 4 N–H and O–H groups in total. The van der Waals surface area contributed by atoms with Crippen LogP contribution < -0.4 is 16.0 Å². The number of carbonyl (C=O) groups excluding carboxylic acids is 1. The van der Waals surface area contributed by atoms with E-state index >= 15 is 0 Å². The van der Waals surface area contributed by atoms with E-state index in [0.717, 1.165) is 19.3 Å². The third-order valence-corrected chi connectivity index (χ3v) is 5.09. The molecule has 1 fully saturated rings. The third-order valence-electron chi connectivity index (χ3n) is 5.09. The molecule has 0 spiro atoms. The van der Waals surface area contributed by atoms with Crippen molar-refractivity contribution in [2.24, 2.45) is 10.9 Å². The van der Waals surface area contributed by atoms with Crippen molar-refractivity contribution in [2.45, 2.75) is 32.4 Å². The highest BCUT2D eigenvalue weighted by Crippen LogP contribution is 2.24. The van der Waals surface area contributed by atoms with E-state index in [1.165, 1.54) is 17.0 Å². The Kier molecular flexibility index (Phi) is 9.90. The highest BCUT2D eigenvalue weighted by atomic mass is 19.4. The minimum Gasteiger partial charge on any atom is -0.508 e. The average molecular weight is 444 g/mol. The first-order valence-corrected chi connectivity index (χ1v) is 10.7. The van der Waals surface area contributed by atoms with Crippen molar-refractivity contribution in [1.82, 2.24) is 20.9 Å². The number of nitrogens with zero attached hydrogens (tertiary/aromatic N) is 2. The van der Waals surface area contributed by atoms with Gasteiger partial charge in [0.05, 0.1) is 6.54 Å². The molecule has 0 aliphatic carbocycles. The predicted molar refractivity (Wildman–Crippen MR) is 114 cm³/mol. The topological polar surface area (TPSA) is 89.0 Å². The average Bonchev–Trinajstić information content (AvgIpc) is 2.71. The summed E-state index contributed by atoms with van der Waals surface area (Å²) < 4.78 is 37.4. The number of phenolic OH excluding ortho intramolecular Hbond substituents is 1. The maximum absolute atomic E-state index is 12.5. The van der Waals surface area contributed by atoms with Gasteiger partial charge in [-0.2, -0.15) is 13.2 Å². The van der Waals surface area contributed by atoms with Crippen LogP contribution in [0, 0.1) is 5.92 Å². The molecule has 1 aliphatic rings. The highest BCUT2D eigenvalue weighted by Gasteiger charge is 2.32. The van der Waals surface area contributed by atoms with Gasteiger partial charge in [-0.3, -0.25) is 14.7 Å². The van der Waals surface area contributed by atoms with E-state index in [1.807, 2.05) is 6.92 Å². The molecule has 1 aromatic carbocycles. The predicted octanol–water partition coefficient (Wildman–Crippen LogP) is 2.34. The number of aliphatic imine (C=N–C) groups is 1. The van der Waals surface area contributed by atoms with Crippen LogP contribution >= 0.6 is 0 Å². The van der Waals surface area contributed by atoms with Crippen LogP contribution in [0.1, 0.15) is 36.5 Å². The first-order chi connectivity index (χ1) is 14.8. The molecule has 1 heterocycles. The molecule has 174 valence electrons. The summed E-state index contributed by atoms with van der Waals surface area (Å²) in [6.07, 6.45) is -1.77. The van der Waals surface area contributed by atoms with Gasteiger partial charge in [0.25, 0.3) is 5.91 Å². The normalized spacial score (nSPS) is 16.2. The number of amides is 1. The van der Waals surface area contributed by atoms with Crippen LogP contribution in [0.25, 0.3) is 0 Å². The molecule has 10 heteroatoms. The third kappa shape index (κ3) is 9.91. The highest BCUT2D eigenvalue weighted by molar-refractivity contribution is 5.94. The molecule has 1 amide bonds. The molecule has 0 aromatic heterocycles. The number of benzene rings is 1. The lowest BCUT2D eigenvalue weighted by Gasteiger charge is -2.32. The molecule has 0 saturated carbocycles. The quantitative estimate of drug-likeness (QED) is 0.267. The van der Waals surface area contributed by atoms with E-state index in [0.29, 0.717) is 56.7 Å². The van der Waals surface area contributed by atoms with Crippen LogP contribution in [0.4, 0.5) is 13.2 Å². The van der Waals surface area contributed by atoms with Gasteiger partial charge in [-0.15, -0.1) is 0 Å². The number of aromatic hydroxyl groups is 1. The van der Waals surface area contributed by atoms with Gasteiger partial charge < -0.3 is 21.1 Å². The molecule has 0 unspecified atom stereocenters. The molecule has 1 aromatic rings. The molecule has 7 nitrogen and oxygen atoms in total. The van der Waals surface area contributed by atoms with Gasteiger partial charge in [0.1, 0.15) is 5.75 Å². The van der Waals surface area contributed by atoms with Gasteiger partial charge in [0.15, 0.2) is 5.96 Å². The molecule has 0 radical (unpaired) electrons. The van der Waals surface area contributed by atoms with Crippen LogP contribution in [0.15, 0.2) is 29.3 Å². The van der Waals surface area contributed by atoms with E-state index in [4.69, 9.17) is 0 Å². The number of carbonyl (C=O) groups is 1. The molecule has 1 saturated heterocycles. The number of hydrogen-bond acceptors (Lipinski definition) is 4. The molecule has 0 bridgehead atoms. The van der Waals surface area contributed by atoms with Crippen LogP contribution in [0.5, 0.6) is 5.75 Å². The fraction of sp³-hybridized carbons (Fsp3) is 0.619. The van der Waals surface area contributed by atoms with Gasteiger partial charge >= 0.3 is 6.18 Å². The Morgan fingerprint density at radius 2 is 1.77 bits per heavy atom. The SMILES string of the molecule is CCNC(=NCCC1CCN(CC(F)(F)F)CC1)NCCNC(=O)c1ccc(O)cc1. The summed E-state index contributed by atoms with van der Waals surface area (Å²) in [5.74, 6) is 0.925. The Bertz CT molecular complexity index is 702. The summed E-state index contributed by atoms with van der Waals surface area (Å²) in [4.78, 5) is 18.0. The fourth-order valence-electron chi connectivity index (χ4n) is 3.46. The van der Waals surface area contributed by atoms with Crippen molar-refractivity contribution < 1.29 is 23.1 Å². The Morgan fingerprint density at radius 3 is 2.39 bits per heavy atom. The largest absolute Gasteiger partial charge is 0.508 e. The second kappa shape index (κ2) is 12.4. The minimum atomic E-state index is -4.13. The lowest BCUT2D eigenvalue weighted by atomic mass is 9.93. The molecule has 31 heavy (non-hydrogen) atoms. The summed E-state index contributed by atoms with van der Waals surface area (Å²) in [6.45, 7) is 4.28. The van der Waals surface area contributed by atoms with Crippen molar-refractivity contribution in [1.29, 1.82) is 0 Å². The maximum Gasteiger partial charge on any atom is 0.401 e. The van der Waals surface area contributed by atoms with Crippen molar-refractivity contribution in [3.63, 3.8) is 0 Å². The summed E-state index contributed by atoms with van der Waals surface area (Å²) in [7, 11) is 0. The lowest BCUT2D eigenvalue weighted by Crippen LogP contribution is -2.42. The van der Waals surface area contributed by atoms with Crippen molar-refractivity contribution in [2.75, 3.05) is 45.8 Å². The molecule has 2 rings (SSSR count). The maximum atomic E-state index is 12.5. The smallest absolute Gasteiger partial charge is 0.401 e. The Morgan fingerprint density at radius 1 is 1.13 bits per heavy atom. The number of nitrogens with one attached hydrogen (secondary N) is 3. The van der Waals surface area contributed by atoms with Gasteiger partial charge in [-0.25, -0.2) is 0 Å². The Hall–Kier alpha value is -2.49. The Balaban J connectivity index is 1.66. The number of phenols is 1. The van der Waals surface area contributed by atoms with Crippen molar-refractivity contribution in [3.8, 4) is 5.75 Å². The van der Waals surface area contributed by atoms with Crippen LogP contribution in [0.3, 0.4) is 0 Å². The van der Waals surface area contributed by atoms with Crippen LogP contribution in [-0.4, -0.2) is 73.9 Å². The second-order valence-electron chi connectivity index (χ2n) is 7.61. The van der Waals surface area contributed by atoms with Crippen molar-refractivity contribution >= 4 is 11.9 Å². The van der Waals surface area contributed by atoms with Gasteiger partial charge in [-0.1, -0.05) is 0 Å². The van der Waals surface area contributed by atoms with E-state index in [1.54, 1.807) is 12.1 Å².